The lowest BCUT2D eigenvalue weighted by Gasteiger charge is -2.22. The largest absolute Gasteiger partial charge is 0.382 e. The Labute approximate surface area is 92.2 Å². The summed E-state index contributed by atoms with van der Waals surface area (Å²) in [7, 11) is 0. The fourth-order valence-electron chi connectivity index (χ4n) is 1.16. The molecule has 4 N–H and O–H groups in total. The molecule has 0 aliphatic heterocycles. The fourth-order valence-corrected chi connectivity index (χ4v) is 1.16. The summed E-state index contributed by atoms with van der Waals surface area (Å²) in [5.74, 6) is -0.0132. The van der Waals surface area contributed by atoms with Gasteiger partial charge in [0, 0.05) is 12.1 Å². The van der Waals surface area contributed by atoms with Crippen molar-refractivity contribution in [2.24, 2.45) is 11.7 Å². The molecule has 0 saturated heterocycles. The molecule has 15 heavy (non-hydrogen) atoms. The Hall–Kier alpha value is -0.610. The van der Waals surface area contributed by atoms with E-state index in [0.717, 1.165) is 6.42 Å². The predicted octanol–water partition coefficient (Wildman–Crippen LogP) is 0.635. The second-order valence-corrected chi connectivity index (χ2v) is 4.44. The topological polar surface area (TPSA) is 75.3 Å². The van der Waals surface area contributed by atoms with E-state index in [0.29, 0.717) is 12.3 Å². The Balaban J connectivity index is 4.09. The Kier molecular flexibility index (Phi) is 6.52. The minimum atomic E-state index is -1.09. The van der Waals surface area contributed by atoms with Crippen molar-refractivity contribution < 1.29 is 9.90 Å². The van der Waals surface area contributed by atoms with Crippen LogP contribution in [0.15, 0.2) is 0 Å². The average Bonchev–Trinajstić information content (AvgIpc) is 2.16. The highest BCUT2D eigenvalue weighted by atomic mass is 16.3. The zero-order valence-electron chi connectivity index (χ0n) is 10.2. The molecule has 0 aromatic rings. The van der Waals surface area contributed by atoms with Crippen LogP contribution in [0.1, 0.15) is 40.5 Å². The molecule has 0 aromatic heterocycles. The van der Waals surface area contributed by atoms with Crippen molar-refractivity contribution in [1.29, 1.82) is 0 Å². The molecule has 0 saturated carbocycles. The smallest absolute Gasteiger partial charge is 0.250 e. The van der Waals surface area contributed by atoms with Crippen LogP contribution in [0.5, 0.6) is 0 Å². The summed E-state index contributed by atoms with van der Waals surface area (Å²) >= 11 is 0. The number of aliphatic hydroxyl groups is 1. The van der Waals surface area contributed by atoms with E-state index in [1.807, 2.05) is 27.7 Å². The van der Waals surface area contributed by atoms with Gasteiger partial charge in [-0.2, -0.15) is 0 Å². The summed E-state index contributed by atoms with van der Waals surface area (Å²) in [6, 6.07) is -0.407. The minimum Gasteiger partial charge on any atom is -0.382 e. The summed E-state index contributed by atoms with van der Waals surface area (Å²) in [5, 5.41) is 12.4. The van der Waals surface area contributed by atoms with E-state index in [-0.39, 0.29) is 11.9 Å². The third kappa shape index (κ3) is 5.14. The van der Waals surface area contributed by atoms with Gasteiger partial charge in [-0.15, -0.1) is 0 Å². The van der Waals surface area contributed by atoms with Gasteiger partial charge in [0.25, 0.3) is 5.91 Å². The standard InChI is InChI=1S/C11H24N2O2/c1-5-6-9(12)10(14)11(15)13-8(4)7(2)3/h7-10,14H,5-6,12H2,1-4H3,(H,13,15). The van der Waals surface area contributed by atoms with Gasteiger partial charge in [0.2, 0.25) is 0 Å². The number of hydrogen-bond acceptors (Lipinski definition) is 3. The van der Waals surface area contributed by atoms with E-state index in [4.69, 9.17) is 5.73 Å². The number of hydrogen-bond donors (Lipinski definition) is 3. The Morgan fingerprint density at radius 1 is 1.40 bits per heavy atom. The van der Waals surface area contributed by atoms with Crippen LogP contribution in [-0.4, -0.2) is 29.2 Å². The van der Waals surface area contributed by atoms with Gasteiger partial charge in [-0.25, -0.2) is 0 Å². The van der Waals surface area contributed by atoms with E-state index < -0.39 is 12.1 Å². The minimum absolute atomic E-state index is 0.0565. The predicted molar refractivity (Wildman–Crippen MR) is 61.3 cm³/mol. The highest BCUT2D eigenvalue weighted by Crippen LogP contribution is 2.03. The molecule has 1 amide bonds. The molecule has 0 aliphatic carbocycles. The molecule has 0 spiro atoms. The zero-order valence-corrected chi connectivity index (χ0v) is 10.2. The number of aliphatic hydroxyl groups excluding tert-OH is 1. The maximum Gasteiger partial charge on any atom is 0.250 e. The molecule has 0 radical (unpaired) electrons. The Morgan fingerprint density at radius 3 is 2.33 bits per heavy atom. The van der Waals surface area contributed by atoms with Crippen LogP contribution in [0.2, 0.25) is 0 Å². The first-order valence-electron chi connectivity index (χ1n) is 5.64. The number of carbonyl (C=O) groups excluding carboxylic acids is 1. The lowest BCUT2D eigenvalue weighted by molar-refractivity contribution is -0.131. The number of nitrogens with one attached hydrogen (secondary N) is 1. The molecule has 4 nitrogen and oxygen atoms in total. The summed E-state index contributed by atoms with van der Waals surface area (Å²) < 4.78 is 0. The van der Waals surface area contributed by atoms with Crippen LogP contribution in [0, 0.1) is 5.92 Å². The number of carbonyl (C=O) groups is 1. The van der Waals surface area contributed by atoms with Crippen LogP contribution in [0.25, 0.3) is 0 Å². The van der Waals surface area contributed by atoms with Gasteiger partial charge in [0.1, 0.15) is 6.10 Å². The molecular weight excluding hydrogens is 192 g/mol. The maximum absolute atomic E-state index is 11.5. The first-order valence-corrected chi connectivity index (χ1v) is 5.64. The molecule has 0 aromatic carbocycles. The third-order valence-electron chi connectivity index (χ3n) is 2.67. The van der Waals surface area contributed by atoms with Crippen molar-refractivity contribution in [3.05, 3.63) is 0 Å². The molecule has 3 unspecified atom stereocenters. The molecule has 4 heteroatoms. The van der Waals surface area contributed by atoms with Crippen molar-refractivity contribution in [1.82, 2.24) is 5.32 Å². The highest BCUT2D eigenvalue weighted by molar-refractivity contribution is 5.81. The molecule has 90 valence electrons. The molecule has 0 aliphatic rings. The molecule has 3 atom stereocenters. The lowest BCUT2D eigenvalue weighted by atomic mass is 10.0. The van der Waals surface area contributed by atoms with Gasteiger partial charge in [-0.1, -0.05) is 27.2 Å². The number of nitrogens with two attached hydrogens (primary N) is 1. The molecule has 0 fully saturated rings. The second kappa shape index (κ2) is 6.80. The van der Waals surface area contributed by atoms with Gasteiger partial charge in [-0.05, 0) is 19.3 Å². The van der Waals surface area contributed by atoms with Crippen molar-refractivity contribution >= 4 is 5.91 Å². The van der Waals surface area contributed by atoms with Crippen molar-refractivity contribution in [2.45, 2.75) is 58.7 Å². The lowest BCUT2D eigenvalue weighted by Crippen LogP contribution is -2.49. The van der Waals surface area contributed by atoms with E-state index >= 15 is 0 Å². The van der Waals surface area contributed by atoms with Crippen molar-refractivity contribution in [2.75, 3.05) is 0 Å². The Morgan fingerprint density at radius 2 is 1.93 bits per heavy atom. The van der Waals surface area contributed by atoms with Crippen LogP contribution in [-0.2, 0) is 4.79 Å². The van der Waals surface area contributed by atoms with Gasteiger partial charge in [0.05, 0.1) is 0 Å². The Bertz CT molecular complexity index is 195. The second-order valence-electron chi connectivity index (χ2n) is 4.44. The first-order chi connectivity index (χ1) is 6.90. The monoisotopic (exact) mass is 216 g/mol. The molecule has 0 heterocycles. The third-order valence-corrected chi connectivity index (χ3v) is 2.67. The number of rotatable bonds is 6. The quantitative estimate of drug-likeness (QED) is 0.610. The first kappa shape index (κ1) is 14.4. The maximum atomic E-state index is 11.5. The van der Waals surface area contributed by atoms with E-state index in [1.165, 1.54) is 0 Å². The van der Waals surface area contributed by atoms with Gasteiger partial charge in [-0.3, -0.25) is 4.79 Å². The van der Waals surface area contributed by atoms with E-state index in [1.54, 1.807) is 0 Å². The van der Waals surface area contributed by atoms with Crippen LogP contribution < -0.4 is 11.1 Å². The average molecular weight is 216 g/mol. The van der Waals surface area contributed by atoms with Crippen LogP contribution in [0.3, 0.4) is 0 Å². The van der Waals surface area contributed by atoms with Crippen LogP contribution in [0.4, 0.5) is 0 Å². The van der Waals surface area contributed by atoms with Gasteiger partial charge in [0.15, 0.2) is 0 Å². The van der Waals surface area contributed by atoms with Gasteiger partial charge >= 0.3 is 0 Å². The van der Waals surface area contributed by atoms with Gasteiger partial charge < -0.3 is 16.2 Å². The van der Waals surface area contributed by atoms with Crippen molar-refractivity contribution in [3.63, 3.8) is 0 Å². The fraction of sp³-hybridized carbons (Fsp3) is 0.909. The molecular formula is C11H24N2O2. The zero-order chi connectivity index (χ0) is 12.0. The highest BCUT2D eigenvalue weighted by Gasteiger charge is 2.23. The summed E-state index contributed by atoms with van der Waals surface area (Å²) in [4.78, 5) is 11.5. The van der Waals surface area contributed by atoms with Crippen molar-refractivity contribution in [3.8, 4) is 0 Å². The summed E-state index contributed by atoms with van der Waals surface area (Å²) in [6.45, 7) is 7.93. The normalized spacial score (nSPS) is 17.3. The number of amides is 1. The molecule has 0 bridgehead atoms. The summed E-state index contributed by atoms with van der Waals surface area (Å²) in [5.41, 5.74) is 5.67. The summed E-state index contributed by atoms with van der Waals surface area (Å²) in [6.07, 6.45) is 0.432. The molecule has 0 rings (SSSR count). The van der Waals surface area contributed by atoms with Crippen LogP contribution >= 0.6 is 0 Å². The SMILES string of the molecule is CCCC(N)C(O)C(=O)NC(C)C(C)C. The van der Waals surface area contributed by atoms with E-state index in [9.17, 15) is 9.90 Å². The van der Waals surface area contributed by atoms with E-state index in [2.05, 4.69) is 5.32 Å².